The lowest BCUT2D eigenvalue weighted by atomic mass is 9.87. The van der Waals surface area contributed by atoms with Gasteiger partial charge in [-0.2, -0.15) is 0 Å². The molecule has 1 heterocycles. The van der Waals surface area contributed by atoms with Crippen LogP contribution in [-0.2, 0) is 5.41 Å². The molecule has 0 atom stereocenters. The van der Waals surface area contributed by atoms with E-state index in [4.69, 9.17) is 18.0 Å². The Morgan fingerprint density at radius 3 is 2.21 bits per heavy atom. The third kappa shape index (κ3) is 3.01. The second-order valence-corrected chi connectivity index (χ2v) is 7.06. The van der Waals surface area contributed by atoms with Crippen LogP contribution in [0.2, 0.25) is 0 Å². The minimum absolute atomic E-state index is 0.168. The monoisotopic (exact) mass is 290 g/mol. The SMILES string of the molecule is Cc1nc(-c2ccc(C(C)(C)C)cc2)sc1C(N)=S. The molecule has 0 bridgehead atoms. The highest BCUT2D eigenvalue weighted by molar-refractivity contribution is 7.81. The van der Waals surface area contributed by atoms with Gasteiger partial charge < -0.3 is 5.73 Å². The number of benzene rings is 1. The molecule has 19 heavy (non-hydrogen) atoms. The van der Waals surface area contributed by atoms with Crippen molar-refractivity contribution in [3.8, 4) is 10.6 Å². The zero-order valence-electron chi connectivity index (χ0n) is 11.7. The minimum Gasteiger partial charge on any atom is -0.389 e. The molecule has 0 aliphatic heterocycles. The summed E-state index contributed by atoms with van der Waals surface area (Å²) in [6.07, 6.45) is 0. The van der Waals surface area contributed by atoms with Gasteiger partial charge in [0.1, 0.15) is 10.00 Å². The van der Waals surface area contributed by atoms with E-state index in [2.05, 4.69) is 50.0 Å². The summed E-state index contributed by atoms with van der Waals surface area (Å²) in [7, 11) is 0. The van der Waals surface area contributed by atoms with Gasteiger partial charge in [0.25, 0.3) is 0 Å². The van der Waals surface area contributed by atoms with Gasteiger partial charge in [0, 0.05) is 5.56 Å². The molecule has 100 valence electrons. The molecule has 2 nitrogen and oxygen atoms in total. The van der Waals surface area contributed by atoms with Gasteiger partial charge in [0.2, 0.25) is 0 Å². The number of thiocarbonyl (C=S) groups is 1. The number of thiazole rings is 1. The summed E-state index contributed by atoms with van der Waals surface area (Å²) in [5.74, 6) is 0. The molecule has 4 heteroatoms. The van der Waals surface area contributed by atoms with E-state index in [0.717, 1.165) is 21.1 Å². The van der Waals surface area contributed by atoms with E-state index in [1.807, 2.05) is 6.92 Å². The molecule has 1 aromatic heterocycles. The Morgan fingerprint density at radius 1 is 1.21 bits per heavy atom. The summed E-state index contributed by atoms with van der Waals surface area (Å²) >= 11 is 6.59. The van der Waals surface area contributed by atoms with Crippen LogP contribution < -0.4 is 5.73 Å². The van der Waals surface area contributed by atoms with Crippen LogP contribution in [0.1, 0.15) is 36.9 Å². The zero-order valence-corrected chi connectivity index (χ0v) is 13.3. The molecule has 2 aromatic rings. The first-order chi connectivity index (χ1) is 8.79. The molecule has 0 fully saturated rings. The van der Waals surface area contributed by atoms with Crippen LogP contribution in [0.15, 0.2) is 24.3 Å². The van der Waals surface area contributed by atoms with Crippen LogP contribution in [0.25, 0.3) is 10.6 Å². The summed E-state index contributed by atoms with van der Waals surface area (Å²) in [6, 6.07) is 8.55. The largest absolute Gasteiger partial charge is 0.389 e. The number of aromatic nitrogens is 1. The van der Waals surface area contributed by atoms with E-state index in [-0.39, 0.29) is 5.41 Å². The maximum absolute atomic E-state index is 5.69. The van der Waals surface area contributed by atoms with Gasteiger partial charge in [-0.1, -0.05) is 57.3 Å². The van der Waals surface area contributed by atoms with Crippen molar-refractivity contribution < 1.29 is 0 Å². The summed E-state index contributed by atoms with van der Waals surface area (Å²) in [5, 5.41) is 0.973. The van der Waals surface area contributed by atoms with Crippen molar-refractivity contribution in [1.29, 1.82) is 0 Å². The number of nitrogens with zero attached hydrogens (tertiary/aromatic N) is 1. The first-order valence-electron chi connectivity index (χ1n) is 6.17. The standard InChI is InChI=1S/C15H18N2S2/c1-9-12(13(16)18)19-14(17-9)10-5-7-11(8-6-10)15(2,3)4/h5-8H,1-4H3,(H2,16,18). The lowest BCUT2D eigenvalue weighted by molar-refractivity contribution is 0.590. The highest BCUT2D eigenvalue weighted by Crippen LogP contribution is 2.30. The van der Waals surface area contributed by atoms with Crippen molar-refractivity contribution in [2.45, 2.75) is 33.1 Å². The average Bonchev–Trinajstić information content (AvgIpc) is 2.70. The molecular weight excluding hydrogens is 272 g/mol. The normalized spacial score (nSPS) is 11.6. The lowest BCUT2D eigenvalue weighted by Crippen LogP contribution is -2.10. The topological polar surface area (TPSA) is 38.9 Å². The molecule has 0 amide bonds. The van der Waals surface area contributed by atoms with Gasteiger partial charge in [-0.25, -0.2) is 4.98 Å². The van der Waals surface area contributed by atoms with Crippen LogP contribution in [0, 0.1) is 6.92 Å². The van der Waals surface area contributed by atoms with Crippen molar-refractivity contribution in [2.75, 3.05) is 0 Å². The smallest absolute Gasteiger partial charge is 0.124 e. The molecule has 1 aromatic carbocycles. The van der Waals surface area contributed by atoms with Crippen molar-refractivity contribution in [2.24, 2.45) is 5.73 Å². The third-order valence-corrected chi connectivity index (χ3v) is 4.59. The maximum atomic E-state index is 5.69. The van der Waals surface area contributed by atoms with Gasteiger partial charge in [-0.15, -0.1) is 11.3 Å². The van der Waals surface area contributed by atoms with Crippen LogP contribution in [0.3, 0.4) is 0 Å². The zero-order chi connectivity index (χ0) is 14.2. The molecule has 0 saturated heterocycles. The van der Waals surface area contributed by atoms with E-state index < -0.39 is 0 Å². The van der Waals surface area contributed by atoms with Crippen LogP contribution >= 0.6 is 23.6 Å². The molecule has 0 aliphatic rings. The van der Waals surface area contributed by atoms with E-state index in [1.165, 1.54) is 5.56 Å². The Morgan fingerprint density at radius 2 is 1.79 bits per heavy atom. The van der Waals surface area contributed by atoms with Crippen LogP contribution in [-0.4, -0.2) is 9.97 Å². The first-order valence-corrected chi connectivity index (χ1v) is 7.39. The molecule has 0 radical (unpaired) electrons. The van der Waals surface area contributed by atoms with Gasteiger partial charge in [-0.05, 0) is 17.9 Å². The van der Waals surface area contributed by atoms with Crippen molar-refractivity contribution in [3.63, 3.8) is 0 Å². The number of hydrogen-bond acceptors (Lipinski definition) is 3. The first kappa shape index (κ1) is 14.2. The van der Waals surface area contributed by atoms with E-state index in [0.29, 0.717) is 4.99 Å². The van der Waals surface area contributed by atoms with E-state index >= 15 is 0 Å². The Balaban J connectivity index is 2.38. The van der Waals surface area contributed by atoms with Gasteiger partial charge in [-0.3, -0.25) is 0 Å². The predicted octanol–water partition coefficient (Wildman–Crippen LogP) is 4.05. The average molecular weight is 290 g/mol. The summed E-state index contributed by atoms with van der Waals surface area (Å²) in [6.45, 7) is 8.57. The second-order valence-electron chi connectivity index (χ2n) is 5.63. The van der Waals surface area contributed by atoms with E-state index in [9.17, 15) is 0 Å². The predicted molar refractivity (Wildman–Crippen MR) is 86.9 cm³/mol. The summed E-state index contributed by atoms with van der Waals surface area (Å²) in [4.78, 5) is 5.88. The Hall–Kier alpha value is -1.26. The maximum Gasteiger partial charge on any atom is 0.124 e. The molecule has 0 saturated carbocycles. The lowest BCUT2D eigenvalue weighted by Gasteiger charge is -2.18. The Labute approximate surface area is 123 Å². The summed E-state index contributed by atoms with van der Waals surface area (Å²) in [5.41, 5.74) is 9.20. The van der Waals surface area contributed by atoms with Crippen molar-refractivity contribution >= 4 is 28.5 Å². The molecule has 0 unspecified atom stereocenters. The van der Waals surface area contributed by atoms with Crippen molar-refractivity contribution in [3.05, 3.63) is 40.4 Å². The van der Waals surface area contributed by atoms with Crippen LogP contribution in [0.5, 0.6) is 0 Å². The fourth-order valence-electron chi connectivity index (χ4n) is 1.86. The van der Waals surface area contributed by atoms with Crippen LogP contribution in [0.4, 0.5) is 0 Å². The highest BCUT2D eigenvalue weighted by atomic mass is 32.1. The van der Waals surface area contributed by atoms with E-state index in [1.54, 1.807) is 11.3 Å². The Kier molecular flexibility index (Phi) is 3.74. The molecule has 2 N–H and O–H groups in total. The number of rotatable bonds is 2. The number of aryl methyl sites for hydroxylation is 1. The quantitative estimate of drug-likeness (QED) is 0.848. The number of hydrogen-bond donors (Lipinski definition) is 1. The third-order valence-electron chi connectivity index (χ3n) is 3.02. The minimum atomic E-state index is 0.168. The fourth-order valence-corrected chi connectivity index (χ4v) is 3.06. The number of nitrogens with two attached hydrogens (primary N) is 1. The Bertz CT molecular complexity index is 604. The second kappa shape index (κ2) is 5.02. The molecule has 0 aliphatic carbocycles. The van der Waals surface area contributed by atoms with Gasteiger partial charge in [0.15, 0.2) is 0 Å². The molecular formula is C15H18N2S2. The fraction of sp³-hybridized carbons (Fsp3) is 0.333. The highest BCUT2D eigenvalue weighted by Gasteiger charge is 2.15. The van der Waals surface area contributed by atoms with Crippen molar-refractivity contribution in [1.82, 2.24) is 4.98 Å². The van der Waals surface area contributed by atoms with Gasteiger partial charge >= 0.3 is 0 Å². The molecule has 0 spiro atoms. The van der Waals surface area contributed by atoms with Gasteiger partial charge in [0.05, 0.1) is 10.6 Å². The summed E-state index contributed by atoms with van der Waals surface area (Å²) < 4.78 is 0. The molecule has 2 rings (SSSR count).